The van der Waals surface area contributed by atoms with Gasteiger partial charge in [0.25, 0.3) is 0 Å². The quantitative estimate of drug-likeness (QED) is 0.869. The average molecular weight is 267 g/mol. The van der Waals surface area contributed by atoms with E-state index in [0.717, 1.165) is 23.8 Å². The molecule has 2 aromatic carbocycles. The molecule has 0 aliphatic carbocycles. The van der Waals surface area contributed by atoms with Crippen LogP contribution in [0.4, 0.5) is 14.5 Å². The van der Waals surface area contributed by atoms with Crippen LogP contribution in [-0.2, 0) is 16.6 Å². The number of benzene rings is 2. The Labute approximate surface area is 106 Å². The summed E-state index contributed by atoms with van der Waals surface area (Å²) in [4.78, 5) is -0.127. The van der Waals surface area contributed by atoms with Crippen molar-refractivity contribution in [3.8, 4) is 0 Å². The van der Waals surface area contributed by atoms with Gasteiger partial charge >= 0.3 is 0 Å². The minimum Gasteiger partial charge on any atom is -0.399 e. The summed E-state index contributed by atoms with van der Waals surface area (Å²) >= 11 is 0. The van der Waals surface area contributed by atoms with Crippen molar-refractivity contribution in [1.29, 1.82) is 0 Å². The van der Waals surface area contributed by atoms with E-state index in [-0.39, 0.29) is 10.6 Å². The molecule has 1 atom stereocenters. The molecule has 2 rings (SSSR count). The number of halogens is 2. The van der Waals surface area contributed by atoms with Crippen LogP contribution in [0.3, 0.4) is 0 Å². The first-order valence-corrected chi connectivity index (χ1v) is 6.56. The van der Waals surface area contributed by atoms with E-state index in [1.165, 1.54) is 0 Å². The summed E-state index contributed by atoms with van der Waals surface area (Å²) in [5, 5.41) is 0. The van der Waals surface area contributed by atoms with Crippen LogP contribution in [0.25, 0.3) is 0 Å². The fraction of sp³-hybridized carbons (Fsp3) is 0.0769. The van der Waals surface area contributed by atoms with E-state index in [1.807, 2.05) is 0 Å². The first-order chi connectivity index (χ1) is 8.56. The van der Waals surface area contributed by atoms with E-state index in [2.05, 4.69) is 0 Å². The first kappa shape index (κ1) is 12.7. The molecule has 5 heteroatoms. The van der Waals surface area contributed by atoms with Gasteiger partial charge in [-0.05, 0) is 35.9 Å². The summed E-state index contributed by atoms with van der Waals surface area (Å²) in [5.41, 5.74) is 6.86. The monoisotopic (exact) mass is 267 g/mol. The van der Waals surface area contributed by atoms with Gasteiger partial charge in [0.05, 0.1) is 21.4 Å². The first-order valence-electron chi connectivity index (χ1n) is 5.24. The zero-order chi connectivity index (χ0) is 13.1. The maximum Gasteiger partial charge on any atom is 0.139 e. The smallest absolute Gasteiger partial charge is 0.139 e. The second-order valence-electron chi connectivity index (χ2n) is 3.81. The second-order valence-corrected chi connectivity index (χ2v) is 5.23. The van der Waals surface area contributed by atoms with Gasteiger partial charge < -0.3 is 5.73 Å². The standard InChI is InChI=1S/C13H11F2NOS/c14-10-4-5-12(15)13(7-10)18(17)8-9-2-1-3-11(16)6-9/h1-7H,8,16H2. The van der Waals surface area contributed by atoms with Gasteiger partial charge in [0.15, 0.2) is 0 Å². The molecule has 0 saturated carbocycles. The van der Waals surface area contributed by atoms with Gasteiger partial charge in [-0.25, -0.2) is 8.78 Å². The van der Waals surface area contributed by atoms with E-state index in [0.29, 0.717) is 5.69 Å². The van der Waals surface area contributed by atoms with Gasteiger partial charge in [-0.3, -0.25) is 4.21 Å². The van der Waals surface area contributed by atoms with E-state index in [4.69, 9.17) is 5.73 Å². The predicted octanol–water partition coefficient (Wildman–Crippen LogP) is 2.85. The fourth-order valence-electron chi connectivity index (χ4n) is 1.56. The highest BCUT2D eigenvalue weighted by atomic mass is 32.2. The van der Waals surface area contributed by atoms with Gasteiger partial charge in [0, 0.05) is 5.69 Å². The van der Waals surface area contributed by atoms with Crippen LogP contribution in [-0.4, -0.2) is 4.21 Å². The molecule has 0 radical (unpaired) electrons. The topological polar surface area (TPSA) is 43.1 Å². The fourth-order valence-corrected chi connectivity index (χ4v) is 2.73. The summed E-state index contributed by atoms with van der Waals surface area (Å²) in [6.45, 7) is 0. The Bertz CT molecular complexity index is 601. The zero-order valence-electron chi connectivity index (χ0n) is 9.40. The Hall–Kier alpha value is -1.75. The molecule has 0 heterocycles. The van der Waals surface area contributed by atoms with Crippen molar-refractivity contribution in [2.45, 2.75) is 10.6 Å². The minimum absolute atomic E-state index is 0.103. The molecule has 0 saturated heterocycles. The lowest BCUT2D eigenvalue weighted by atomic mass is 10.2. The molecule has 2 nitrogen and oxygen atoms in total. The average Bonchev–Trinajstić information content (AvgIpc) is 2.32. The molecule has 0 aliphatic heterocycles. The van der Waals surface area contributed by atoms with Crippen molar-refractivity contribution in [3.05, 3.63) is 59.7 Å². The molecule has 2 N–H and O–H groups in total. The van der Waals surface area contributed by atoms with Crippen molar-refractivity contribution in [2.75, 3.05) is 5.73 Å². The van der Waals surface area contributed by atoms with Crippen LogP contribution in [0.5, 0.6) is 0 Å². The number of rotatable bonds is 3. The van der Waals surface area contributed by atoms with Crippen LogP contribution in [0, 0.1) is 11.6 Å². The molecule has 0 aromatic heterocycles. The lowest BCUT2D eigenvalue weighted by Crippen LogP contribution is -2.00. The van der Waals surface area contributed by atoms with E-state index >= 15 is 0 Å². The van der Waals surface area contributed by atoms with Gasteiger partial charge in [0.1, 0.15) is 11.6 Å². The Balaban J connectivity index is 2.24. The van der Waals surface area contributed by atoms with Crippen molar-refractivity contribution >= 4 is 16.5 Å². The highest BCUT2D eigenvalue weighted by Gasteiger charge is 2.12. The van der Waals surface area contributed by atoms with Gasteiger partial charge in [-0.2, -0.15) is 0 Å². The lowest BCUT2D eigenvalue weighted by molar-refractivity contribution is 0.572. The summed E-state index contributed by atoms with van der Waals surface area (Å²) in [6.07, 6.45) is 0. The number of hydrogen-bond donors (Lipinski definition) is 1. The third-order valence-electron chi connectivity index (χ3n) is 2.39. The number of hydrogen-bond acceptors (Lipinski definition) is 2. The molecule has 2 aromatic rings. The predicted molar refractivity (Wildman–Crippen MR) is 67.3 cm³/mol. The summed E-state index contributed by atoms with van der Waals surface area (Å²) in [7, 11) is -1.64. The summed E-state index contributed by atoms with van der Waals surface area (Å²) in [6, 6.07) is 9.76. The van der Waals surface area contributed by atoms with Crippen LogP contribution >= 0.6 is 0 Å². The Kier molecular flexibility index (Phi) is 3.72. The van der Waals surface area contributed by atoms with E-state index < -0.39 is 22.4 Å². The van der Waals surface area contributed by atoms with Crippen LogP contribution in [0.15, 0.2) is 47.4 Å². The zero-order valence-corrected chi connectivity index (χ0v) is 10.2. The molecule has 0 aliphatic rings. The molecule has 94 valence electrons. The third kappa shape index (κ3) is 2.92. The van der Waals surface area contributed by atoms with E-state index in [9.17, 15) is 13.0 Å². The Morgan fingerprint density at radius 2 is 1.89 bits per heavy atom. The molecule has 0 amide bonds. The van der Waals surface area contributed by atoms with Gasteiger partial charge in [-0.1, -0.05) is 12.1 Å². The SMILES string of the molecule is Nc1cccc(CS(=O)c2cc(F)ccc2F)c1. The van der Waals surface area contributed by atoms with E-state index in [1.54, 1.807) is 24.3 Å². The van der Waals surface area contributed by atoms with Crippen LogP contribution < -0.4 is 5.73 Å². The highest BCUT2D eigenvalue weighted by Crippen LogP contribution is 2.18. The lowest BCUT2D eigenvalue weighted by Gasteiger charge is -2.05. The molecule has 0 spiro atoms. The van der Waals surface area contributed by atoms with Gasteiger partial charge in [-0.15, -0.1) is 0 Å². The molecule has 0 bridgehead atoms. The summed E-state index contributed by atoms with van der Waals surface area (Å²) < 4.78 is 38.4. The van der Waals surface area contributed by atoms with Crippen molar-refractivity contribution in [3.63, 3.8) is 0 Å². The maximum absolute atomic E-state index is 13.4. The highest BCUT2D eigenvalue weighted by molar-refractivity contribution is 7.84. The minimum atomic E-state index is -1.64. The number of nitrogens with two attached hydrogens (primary N) is 1. The molecular weight excluding hydrogens is 256 g/mol. The third-order valence-corrected chi connectivity index (χ3v) is 3.79. The molecule has 1 unspecified atom stereocenters. The molecule has 0 fully saturated rings. The van der Waals surface area contributed by atoms with Crippen LogP contribution in [0.2, 0.25) is 0 Å². The van der Waals surface area contributed by atoms with Crippen molar-refractivity contribution < 1.29 is 13.0 Å². The van der Waals surface area contributed by atoms with Crippen LogP contribution in [0.1, 0.15) is 5.56 Å². The normalized spacial score (nSPS) is 12.3. The maximum atomic E-state index is 13.4. The summed E-state index contributed by atoms with van der Waals surface area (Å²) in [5.74, 6) is -1.17. The van der Waals surface area contributed by atoms with Crippen molar-refractivity contribution in [2.24, 2.45) is 0 Å². The molecule has 18 heavy (non-hydrogen) atoms. The second kappa shape index (κ2) is 5.27. The molecular formula is C13H11F2NOS. The van der Waals surface area contributed by atoms with Crippen molar-refractivity contribution in [1.82, 2.24) is 0 Å². The number of nitrogen functional groups attached to an aromatic ring is 1. The number of anilines is 1. The Morgan fingerprint density at radius 3 is 2.61 bits per heavy atom. The largest absolute Gasteiger partial charge is 0.399 e. The van der Waals surface area contributed by atoms with Gasteiger partial charge in [0.2, 0.25) is 0 Å². The Morgan fingerprint density at radius 1 is 1.11 bits per heavy atom.